The van der Waals surface area contributed by atoms with Crippen molar-refractivity contribution in [3.8, 4) is 0 Å². The van der Waals surface area contributed by atoms with Gasteiger partial charge in [-0.25, -0.2) is 19.6 Å². The molecule has 2 fully saturated rings. The fraction of sp³-hybridized carbons (Fsp3) is 0.560. The smallest absolute Gasteiger partial charge is 0.433 e. The van der Waals surface area contributed by atoms with Crippen molar-refractivity contribution in [2.24, 2.45) is 0 Å². The van der Waals surface area contributed by atoms with E-state index in [1.807, 2.05) is 56.6 Å². The van der Waals surface area contributed by atoms with Crippen LogP contribution in [-0.2, 0) is 49.3 Å². The highest BCUT2D eigenvalue weighted by Gasteiger charge is 2.35. The van der Waals surface area contributed by atoms with Gasteiger partial charge in [-0.2, -0.15) is 32.2 Å². The lowest BCUT2D eigenvalue weighted by Gasteiger charge is -2.37. The summed E-state index contributed by atoms with van der Waals surface area (Å²) in [4.78, 5) is 90.1. The Morgan fingerprint density at radius 3 is 1.82 bits per heavy atom. The SMILES string of the molecule is CCc1c(N2CCN(C(=O)OC(C)(C)C)CC2)c(=O)n2nc(C3=CCOCC3)nc2n1CC(=O)Nc1ccc(C(F)(F)F)nc1Cl.CCc1nc2nc(C3=CCOCC3)[nH]n2c(=O)c1N1CCN(C(=O)OC(C)(C)C)CC1. The Kier molecular flexibility index (Phi) is 16.7. The molecule has 4 aliphatic rings. The quantitative estimate of drug-likeness (QED) is 0.164. The van der Waals surface area contributed by atoms with Crippen LogP contribution in [0.1, 0.15) is 97.0 Å². The molecule has 77 heavy (non-hydrogen) atoms. The number of pyridine rings is 1. The van der Waals surface area contributed by atoms with Crippen molar-refractivity contribution in [3.63, 3.8) is 0 Å². The van der Waals surface area contributed by atoms with Crippen molar-refractivity contribution in [3.05, 3.63) is 78.9 Å². The minimum absolute atomic E-state index is 0.109. The minimum atomic E-state index is -4.70. The number of ether oxygens (including phenoxy) is 4. The number of nitrogens with one attached hydrogen (secondary N) is 2. The molecular formula is C50H64ClF3N14O9. The molecule has 9 heterocycles. The zero-order valence-electron chi connectivity index (χ0n) is 44.4. The monoisotopic (exact) mass is 1100 g/mol. The Labute approximate surface area is 445 Å². The molecule has 0 radical (unpaired) electrons. The average molecular weight is 1100 g/mol. The predicted octanol–water partition coefficient (Wildman–Crippen LogP) is 5.86. The van der Waals surface area contributed by atoms with Gasteiger partial charge in [0, 0.05) is 52.4 Å². The van der Waals surface area contributed by atoms with E-state index < -0.39 is 45.8 Å². The van der Waals surface area contributed by atoms with Crippen molar-refractivity contribution in [2.45, 2.75) is 105 Å². The molecule has 3 amide bonds. The van der Waals surface area contributed by atoms with E-state index in [1.165, 1.54) is 4.52 Å². The first-order chi connectivity index (χ1) is 36.4. The zero-order valence-corrected chi connectivity index (χ0v) is 45.1. The third kappa shape index (κ3) is 13.0. The number of hydrogen-bond donors (Lipinski definition) is 2. The first kappa shape index (κ1) is 56.2. The van der Waals surface area contributed by atoms with Gasteiger partial charge in [0.15, 0.2) is 16.8 Å². The highest BCUT2D eigenvalue weighted by Crippen LogP contribution is 2.32. The van der Waals surface area contributed by atoms with Gasteiger partial charge < -0.3 is 48.4 Å². The van der Waals surface area contributed by atoms with Gasteiger partial charge in [-0.05, 0) is 90.5 Å². The van der Waals surface area contributed by atoms with Crippen LogP contribution in [0.25, 0.3) is 22.7 Å². The van der Waals surface area contributed by atoms with Crippen molar-refractivity contribution in [1.29, 1.82) is 0 Å². The van der Waals surface area contributed by atoms with Crippen molar-refractivity contribution in [1.82, 2.24) is 53.5 Å². The summed E-state index contributed by atoms with van der Waals surface area (Å²) < 4.78 is 65.1. The van der Waals surface area contributed by atoms with E-state index in [4.69, 9.17) is 30.5 Å². The van der Waals surface area contributed by atoms with Crippen molar-refractivity contribution < 1.29 is 46.5 Å². The number of aryl methyl sites for hydroxylation is 1. The molecule has 0 atom stereocenters. The van der Waals surface area contributed by atoms with Gasteiger partial charge in [-0.1, -0.05) is 37.6 Å². The van der Waals surface area contributed by atoms with E-state index in [0.29, 0.717) is 133 Å². The summed E-state index contributed by atoms with van der Waals surface area (Å²) in [6, 6.07) is 1.75. The number of alkyl halides is 3. The minimum Gasteiger partial charge on any atom is -0.444 e. The number of amides is 3. The molecule has 5 aromatic rings. The van der Waals surface area contributed by atoms with Crippen LogP contribution in [0.2, 0.25) is 5.15 Å². The molecule has 0 aromatic carbocycles. The average Bonchev–Trinajstić information content (AvgIpc) is 4.10. The number of H-pyrrole nitrogens is 1. The molecule has 9 rings (SSSR count). The summed E-state index contributed by atoms with van der Waals surface area (Å²) in [7, 11) is 0. The summed E-state index contributed by atoms with van der Waals surface area (Å²) in [6.45, 7) is 19.6. The van der Waals surface area contributed by atoms with Crippen molar-refractivity contribution in [2.75, 3.05) is 93.9 Å². The van der Waals surface area contributed by atoms with E-state index >= 15 is 0 Å². The molecule has 5 aromatic heterocycles. The highest BCUT2D eigenvalue weighted by atomic mass is 35.5. The number of hydrogen-bond acceptors (Lipinski definition) is 16. The molecule has 416 valence electrons. The molecule has 2 N–H and O–H groups in total. The van der Waals surface area contributed by atoms with Crippen LogP contribution < -0.4 is 26.2 Å². The van der Waals surface area contributed by atoms with Gasteiger partial charge in [0.1, 0.15) is 34.8 Å². The molecule has 0 saturated carbocycles. The Morgan fingerprint density at radius 2 is 1.31 bits per heavy atom. The topological polar surface area (TPSA) is 241 Å². The van der Waals surface area contributed by atoms with Gasteiger partial charge in [-0.15, -0.1) is 5.10 Å². The number of anilines is 3. The van der Waals surface area contributed by atoms with Gasteiger partial charge >= 0.3 is 18.4 Å². The molecule has 0 unspecified atom stereocenters. The number of aromatic nitrogens is 9. The van der Waals surface area contributed by atoms with E-state index in [9.17, 15) is 37.1 Å². The van der Waals surface area contributed by atoms with E-state index in [2.05, 4.69) is 35.5 Å². The Balaban J connectivity index is 0.000000220. The lowest BCUT2D eigenvalue weighted by atomic mass is 10.1. The third-order valence-electron chi connectivity index (χ3n) is 12.8. The lowest BCUT2D eigenvalue weighted by Crippen LogP contribution is -2.51. The molecule has 2 saturated heterocycles. The maximum absolute atomic E-state index is 14.0. The summed E-state index contributed by atoms with van der Waals surface area (Å²) in [5, 5.41) is 9.62. The van der Waals surface area contributed by atoms with Crippen molar-refractivity contribution >= 4 is 69.5 Å². The number of fused-ring (bicyclic) bond motifs is 2. The number of nitrogens with zero attached hydrogens (tertiary/aromatic N) is 12. The molecule has 0 bridgehead atoms. The Morgan fingerprint density at radius 1 is 0.740 bits per heavy atom. The molecule has 4 aliphatic heterocycles. The first-order valence-electron chi connectivity index (χ1n) is 25.5. The number of rotatable bonds is 9. The van der Waals surface area contributed by atoms with Gasteiger partial charge in [0.2, 0.25) is 11.7 Å². The molecule has 0 spiro atoms. The van der Waals surface area contributed by atoms with Gasteiger partial charge in [-0.3, -0.25) is 19.5 Å². The van der Waals surface area contributed by atoms with Crippen LogP contribution in [0.5, 0.6) is 0 Å². The van der Waals surface area contributed by atoms with Crippen LogP contribution in [0.4, 0.5) is 39.8 Å². The van der Waals surface area contributed by atoms with E-state index in [1.54, 1.807) is 35.1 Å². The molecule has 0 aliphatic carbocycles. The van der Waals surface area contributed by atoms with Crippen LogP contribution in [0.3, 0.4) is 0 Å². The number of carbonyl (C=O) groups excluding carboxylic acids is 3. The molecule has 27 heteroatoms. The summed E-state index contributed by atoms with van der Waals surface area (Å²) in [6.07, 6.45) is 0.545. The third-order valence-corrected chi connectivity index (χ3v) is 13.1. The number of carbonyl (C=O) groups is 3. The number of piperazine rings is 2. The zero-order chi connectivity index (χ0) is 55.6. The van der Waals surface area contributed by atoms with Crippen LogP contribution in [-0.4, -0.2) is 162 Å². The number of halogens is 4. The molecular weight excluding hydrogens is 1030 g/mol. The fourth-order valence-corrected chi connectivity index (χ4v) is 9.29. The maximum atomic E-state index is 14.0. The Hall–Kier alpha value is -7.06. The van der Waals surface area contributed by atoms with E-state index in [0.717, 1.165) is 39.9 Å². The first-order valence-corrected chi connectivity index (χ1v) is 25.9. The highest BCUT2D eigenvalue weighted by molar-refractivity contribution is 6.32. The normalized spacial score (nSPS) is 16.7. The van der Waals surface area contributed by atoms with Crippen LogP contribution >= 0.6 is 11.6 Å². The van der Waals surface area contributed by atoms with Crippen LogP contribution in [0, 0.1) is 0 Å². The Bertz CT molecular complexity index is 3210. The van der Waals surface area contributed by atoms with Crippen LogP contribution in [0.15, 0.2) is 33.9 Å². The lowest BCUT2D eigenvalue weighted by molar-refractivity contribution is -0.141. The summed E-state index contributed by atoms with van der Waals surface area (Å²) in [5.74, 6) is 0.826. The largest absolute Gasteiger partial charge is 0.444 e. The fourth-order valence-electron chi connectivity index (χ4n) is 9.09. The standard InChI is InChI=1S/C29H34ClF3N8O5.C21H30N6O4/c1-5-19-22(38-10-12-39(13-11-38)27(44)46-28(2,3)4)25(43)41-26(36-24(37-41)17-8-14-45-15-9-17)40(19)16-21(42)34-18-6-7-20(29(31,32)33)35-23(18)30;1-5-15-16(25-8-10-26(11-9-25)20(29)31-21(2,3)4)18(28)27-19(22-15)23-17(24-27)14-6-12-30-13-7-14/h6-8H,5,9-16H2,1-4H3,(H,34,42);6H,5,7-13H2,1-4H3,(H,22,23,24). The second-order valence-corrected chi connectivity index (χ2v) is 20.9. The maximum Gasteiger partial charge on any atom is 0.433 e. The second-order valence-electron chi connectivity index (χ2n) is 20.6. The summed E-state index contributed by atoms with van der Waals surface area (Å²) >= 11 is 5.98. The second kappa shape index (κ2) is 22.9. The molecule has 23 nitrogen and oxygen atoms in total. The van der Waals surface area contributed by atoms with Gasteiger partial charge in [0.25, 0.3) is 16.9 Å². The number of aromatic amines is 1. The summed E-state index contributed by atoms with van der Waals surface area (Å²) in [5.41, 5.74) is 0.811. The predicted molar refractivity (Wildman–Crippen MR) is 279 cm³/mol. The van der Waals surface area contributed by atoms with Gasteiger partial charge in [0.05, 0.1) is 43.5 Å². The van der Waals surface area contributed by atoms with E-state index in [-0.39, 0.29) is 29.7 Å².